The van der Waals surface area contributed by atoms with E-state index in [2.05, 4.69) is 25.6 Å². The summed E-state index contributed by atoms with van der Waals surface area (Å²) in [5, 5.41) is 17.1. The molecule has 2 atom stereocenters. The van der Waals surface area contributed by atoms with E-state index in [9.17, 15) is 9.18 Å². The van der Waals surface area contributed by atoms with Crippen LogP contribution in [0.1, 0.15) is 28.5 Å². The van der Waals surface area contributed by atoms with Crippen LogP contribution in [-0.4, -0.2) is 68.5 Å². The molecule has 41 heavy (non-hydrogen) atoms. The number of rotatable bonds is 8. The Hall–Kier alpha value is -4.33. The minimum Gasteiger partial charge on any atom is -0.383 e. The van der Waals surface area contributed by atoms with Crippen LogP contribution in [0.5, 0.6) is 0 Å². The average Bonchev–Trinajstić information content (AvgIpc) is 3.73. The van der Waals surface area contributed by atoms with Crippen LogP contribution in [0.2, 0.25) is 0 Å². The predicted octanol–water partition coefficient (Wildman–Crippen LogP) is 3.09. The van der Waals surface area contributed by atoms with Crippen LogP contribution in [0.4, 0.5) is 20.8 Å². The van der Waals surface area contributed by atoms with Crippen molar-refractivity contribution < 1.29 is 18.8 Å². The Kier molecular flexibility index (Phi) is 7.39. The van der Waals surface area contributed by atoms with E-state index >= 15 is 0 Å². The Morgan fingerprint density at radius 2 is 2.05 bits per heavy atom. The number of ether oxygens (including phenoxy) is 1. The molecule has 6 rings (SSSR count). The summed E-state index contributed by atoms with van der Waals surface area (Å²) in [6.07, 6.45) is 2.68. The SMILES string of the molecule is COCCN1C[C@@H](NC(=O)Nc2c(C)c(N3Cc4cnn(C)c4C3)nn2-c2ccccc2)[C@H](c2ccnc(F)c2)O1. The molecule has 0 bridgehead atoms. The number of urea groups is 1. The van der Waals surface area contributed by atoms with E-state index in [0.717, 1.165) is 28.3 Å². The fourth-order valence-corrected chi connectivity index (χ4v) is 5.37. The lowest BCUT2D eigenvalue weighted by atomic mass is 10.0. The smallest absolute Gasteiger partial charge is 0.320 e. The van der Waals surface area contributed by atoms with Crippen LogP contribution in [0.25, 0.3) is 5.69 Å². The third-order valence-corrected chi connectivity index (χ3v) is 7.45. The minimum atomic E-state index is -0.612. The summed E-state index contributed by atoms with van der Waals surface area (Å²) in [7, 11) is 3.55. The zero-order valence-corrected chi connectivity index (χ0v) is 23.1. The van der Waals surface area contributed by atoms with Gasteiger partial charge in [0.05, 0.1) is 36.8 Å². The summed E-state index contributed by atoms with van der Waals surface area (Å²) < 4.78 is 22.8. The van der Waals surface area contributed by atoms with E-state index in [1.54, 1.807) is 22.9 Å². The zero-order chi connectivity index (χ0) is 28.5. The Balaban J connectivity index is 1.26. The van der Waals surface area contributed by atoms with Gasteiger partial charge in [0.1, 0.15) is 11.9 Å². The van der Waals surface area contributed by atoms with Gasteiger partial charge in [0.15, 0.2) is 5.82 Å². The monoisotopic (exact) mass is 561 g/mol. The molecule has 3 aromatic heterocycles. The normalized spacial score (nSPS) is 18.6. The molecule has 0 saturated carbocycles. The summed E-state index contributed by atoms with van der Waals surface area (Å²) in [5.41, 5.74) is 4.53. The third-order valence-electron chi connectivity index (χ3n) is 7.45. The molecule has 214 valence electrons. The number of nitrogens with zero attached hydrogens (tertiary/aromatic N) is 7. The standard InChI is InChI=1S/C28H32FN9O3/c1-18-26(33-28(39)32-22-16-37(11-12-40-3)41-25(22)19-9-10-30-24(29)13-19)38(21-7-5-4-6-8-21)34-27(18)36-15-20-14-31-35(2)23(20)17-36/h4-10,13-14,22,25H,11-12,15-17H2,1-3H3,(H2,32,33,39)/t22-,25+/m1/s1. The highest BCUT2D eigenvalue weighted by Gasteiger charge is 2.37. The van der Waals surface area contributed by atoms with Gasteiger partial charge in [-0.1, -0.05) is 18.2 Å². The van der Waals surface area contributed by atoms with Crippen LogP contribution in [-0.2, 0) is 29.7 Å². The quantitative estimate of drug-likeness (QED) is 0.316. The molecule has 12 nitrogen and oxygen atoms in total. The summed E-state index contributed by atoms with van der Waals surface area (Å²) in [5.74, 6) is 0.722. The first-order chi connectivity index (χ1) is 19.9. The number of carbonyl (C=O) groups is 1. The molecule has 0 radical (unpaired) electrons. The third kappa shape index (κ3) is 5.38. The number of pyridine rings is 1. The van der Waals surface area contributed by atoms with Gasteiger partial charge in [-0.15, -0.1) is 5.10 Å². The van der Waals surface area contributed by atoms with Crippen molar-refractivity contribution in [2.45, 2.75) is 32.2 Å². The molecular formula is C28H32FN9O3. The van der Waals surface area contributed by atoms with Gasteiger partial charge in [-0.05, 0) is 36.8 Å². The molecule has 1 fully saturated rings. The lowest BCUT2D eigenvalue weighted by molar-refractivity contribution is -0.154. The maximum absolute atomic E-state index is 13.9. The van der Waals surface area contributed by atoms with Crippen molar-refractivity contribution in [3.8, 4) is 5.69 Å². The number of hydrogen-bond acceptors (Lipinski definition) is 8. The predicted molar refractivity (Wildman–Crippen MR) is 149 cm³/mol. The summed E-state index contributed by atoms with van der Waals surface area (Å²) >= 11 is 0. The molecule has 5 heterocycles. The second-order valence-corrected chi connectivity index (χ2v) is 10.2. The first-order valence-corrected chi connectivity index (χ1v) is 13.4. The van der Waals surface area contributed by atoms with E-state index < -0.39 is 24.1 Å². The molecule has 0 unspecified atom stereocenters. The molecule has 0 spiro atoms. The number of hydroxylamine groups is 2. The van der Waals surface area contributed by atoms with Gasteiger partial charge in [0, 0.05) is 51.1 Å². The van der Waals surface area contributed by atoms with Gasteiger partial charge >= 0.3 is 6.03 Å². The van der Waals surface area contributed by atoms with Crippen molar-refractivity contribution in [3.63, 3.8) is 0 Å². The van der Waals surface area contributed by atoms with Crippen LogP contribution in [0.15, 0.2) is 54.9 Å². The molecule has 1 aromatic carbocycles. The largest absolute Gasteiger partial charge is 0.383 e. The van der Waals surface area contributed by atoms with Gasteiger partial charge in [-0.2, -0.15) is 14.6 Å². The van der Waals surface area contributed by atoms with Gasteiger partial charge in [-0.25, -0.2) is 14.5 Å². The number of para-hydroxylation sites is 1. The molecule has 0 aliphatic carbocycles. The highest BCUT2D eigenvalue weighted by atomic mass is 19.1. The minimum absolute atomic E-state index is 0.396. The van der Waals surface area contributed by atoms with Gasteiger partial charge in [0.25, 0.3) is 0 Å². The molecule has 2 N–H and O–H groups in total. The number of fused-ring (bicyclic) bond motifs is 1. The second kappa shape index (κ2) is 11.3. The van der Waals surface area contributed by atoms with E-state index in [4.69, 9.17) is 14.7 Å². The fraction of sp³-hybridized carbons (Fsp3) is 0.357. The number of methoxy groups -OCH3 is 1. The average molecular weight is 562 g/mol. The number of aromatic nitrogens is 5. The van der Waals surface area contributed by atoms with Crippen LogP contribution in [0, 0.1) is 12.9 Å². The second-order valence-electron chi connectivity index (χ2n) is 10.2. The Morgan fingerprint density at radius 1 is 1.22 bits per heavy atom. The lowest BCUT2D eigenvalue weighted by Crippen LogP contribution is -2.42. The molecule has 2 amide bonds. The van der Waals surface area contributed by atoms with E-state index in [-0.39, 0.29) is 0 Å². The summed E-state index contributed by atoms with van der Waals surface area (Å²) in [4.78, 5) is 25.4. The molecular weight excluding hydrogens is 529 g/mol. The van der Waals surface area contributed by atoms with Crippen molar-refractivity contribution in [1.82, 2.24) is 34.9 Å². The molecule has 4 aromatic rings. The molecule has 2 aliphatic heterocycles. The van der Waals surface area contributed by atoms with Crippen molar-refractivity contribution >= 4 is 17.7 Å². The first-order valence-electron chi connectivity index (χ1n) is 13.4. The van der Waals surface area contributed by atoms with E-state index in [1.165, 1.54) is 12.3 Å². The zero-order valence-electron chi connectivity index (χ0n) is 23.1. The van der Waals surface area contributed by atoms with E-state index in [0.29, 0.717) is 44.2 Å². The Morgan fingerprint density at radius 3 is 2.80 bits per heavy atom. The molecule has 1 saturated heterocycles. The van der Waals surface area contributed by atoms with Crippen molar-refractivity contribution in [2.24, 2.45) is 7.05 Å². The number of anilines is 2. The summed E-state index contributed by atoms with van der Waals surface area (Å²) in [6, 6.07) is 11.8. The maximum Gasteiger partial charge on any atom is 0.320 e. The highest BCUT2D eigenvalue weighted by molar-refractivity contribution is 5.90. The van der Waals surface area contributed by atoms with Gasteiger partial charge in [-0.3, -0.25) is 14.8 Å². The van der Waals surface area contributed by atoms with Gasteiger partial charge in [0.2, 0.25) is 5.95 Å². The first kappa shape index (κ1) is 26.9. The number of amides is 2. The topological polar surface area (TPSA) is 115 Å². The van der Waals surface area contributed by atoms with Crippen LogP contribution in [0.3, 0.4) is 0 Å². The lowest BCUT2D eigenvalue weighted by Gasteiger charge is -2.19. The summed E-state index contributed by atoms with van der Waals surface area (Å²) in [6.45, 7) is 4.65. The maximum atomic E-state index is 13.9. The van der Waals surface area contributed by atoms with Crippen molar-refractivity contribution in [3.05, 3.63) is 83.2 Å². The Bertz CT molecular complexity index is 1540. The number of nitrogens with one attached hydrogen (secondary N) is 2. The van der Waals surface area contributed by atoms with Crippen LogP contribution >= 0.6 is 0 Å². The van der Waals surface area contributed by atoms with Gasteiger partial charge < -0.3 is 15.0 Å². The number of benzene rings is 1. The Labute approximate surface area is 236 Å². The fourth-order valence-electron chi connectivity index (χ4n) is 5.37. The van der Waals surface area contributed by atoms with E-state index in [1.807, 2.05) is 55.2 Å². The molecule has 2 aliphatic rings. The number of hydrogen-bond donors (Lipinski definition) is 2. The number of halogens is 1. The highest BCUT2D eigenvalue weighted by Crippen LogP contribution is 2.35. The van der Waals surface area contributed by atoms with Crippen molar-refractivity contribution in [1.29, 1.82) is 0 Å². The number of carbonyl (C=O) groups excluding carboxylic acids is 1. The number of aryl methyl sites for hydroxylation is 1. The van der Waals surface area contributed by atoms with Crippen LogP contribution < -0.4 is 15.5 Å². The van der Waals surface area contributed by atoms with Crippen molar-refractivity contribution in [2.75, 3.05) is 37.0 Å². The molecule has 13 heteroatoms.